The molecule has 1 aliphatic carbocycles. The molecule has 0 heterocycles. The lowest BCUT2D eigenvalue weighted by atomic mass is 9.78. The van der Waals surface area contributed by atoms with Gasteiger partial charge in [0, 0.05) is 5.56 Å². The van der Waals surface area contributed by atoms with Gasteiger partial charge in [-0.3, -0.25) is 0 Å². The molecule has 0 saturated heterocycles. The SMILES string of the molecule is CC=CCCc1ccc(C2CCC(C=CCCc3ccc(-c4ccc(OCC)c(F)c4F)cc3)CC2)cc1. The highest BCUT2D eigenvalue weighted by atomic mass is 19.2. The number of rotatable bonds is 11. The summed E-state index contributed by atoms with van der Waals surface area (Å²) < 4.78 is 33.9. The minimum absolute atomic E-state index is 0.0458. The quantitative estimate of drug-likeness (QED) is 0.231. The Morgan fingerprint density at radius 3 is 2.03 bits per heavy atom. The molecule has 3 aromatic carbocycles. The van der Waals surface area contributed by atoms with E-state index in [4.69, 9.17) is 4.74 Å². The van der Waals surface area contributed by atoms with E-state index in [-0.39, 0.29) is 11.3 Å². The second kappa shape index (κ2) is 14.1. The Bertz CT molecular complexity index is 1200. The van der Waals surface area contributed by atoms with Gasteiger partial charge in [0.2, 0.25) is 5.82 Å². The predicted octanol–water partition coefficient (Wildman–Crippen LogP) is 10.0. The lowest BCUT2D eigenvalue weighted by Crippen LogP contribution is -2.11. The van der Waals surface area contributed by atoms with Crippen LogP contribution < -0.4 is 4.74 Å². The van der Waals surface area contributed by atoms with Gasteiger partial charge in [-0.1, -0.05) is 72.8 Å². The maximum absolute atomic E-state index is 14.5. The molecule has 0 amide bonds. The monoisotopic (exact) mass is 514 g/mol. The van der Waals surface area contributed by atoms with Crippen molar-refractivity contribution in [3.05, 3.63) is 113 Å². The molecule has 1 aliphatic rings. The van der Waals surface area contributed by atoms with Crippen molar-refractivity contribution in [2.45, 2.75) is 71.1 Å². The van der Waals surface area contributed by atoms with Crippen LogP contribution in [0.3, 0.4) is 0 Å². The predicted molar refractivity (Wildman–Crippen MR) is 155 cm³/mol. The number of hydrogen-bond donors (Lipinski definition) is 0. The number of aryl methyl sites for hydroxylation is 2. The summed E-state index contributed by atoms with van der Waals surface area (Å²) in [6, 6.07) is 20.1. The van der Waals surface area contributed by atoms with E-state index in [1.165, 1.54) is 48.4 Å². The molecule has 0 N–H and O–H groups in total. The Morgan fingerprint density at radius 2 is 1.39 bits per heavy atom. The molecule has 38 heavy (non-hydrogen) atoms. The number of hydrogen-bond acceptors (Lipinski definition) is 1. The van der Waals surface area contributed by atoms with E-state index in [1.807, 2.05) is 24.3 Å². The summed E-state index contributed by atoms with van der Waals surface area (Å²) in [5.74, 6) is -0.474. The summed E-state index contributed by atoms with van der Waals surface area (Å²) in [7, 11) is 0. The van der Waals surface area contributed by atoms with E-state index in [0.29, 0.717) is 24.0 Å². The molecule has 4 rings (SSSR count). The zero-order valence-corrected chi connectivity index (χ0v) is 22.8. The normalized spacial score (nSPS) is 17.9. The van der Waals surface area contributed by atoms with Crippen LogP contribution in [0.2, 0.25) is 0 Å². The third-order valence-electron chi connectivity index (χ3n) is 7.68. The van der Waals surface area contributed by atoms with E-state index in [9.17, 15) is 8.78 Å². The Balaban J connectivity index is 1.22. The van der Waals surface area contributed by atoms with E-state index in [1.54, 1.807) is 13.0 Å². The van der Waals surface area contributed by atoms with Crippen LogP contribution in [-0.4, -0.2) is 6.61 Å². The number of benzene rings is 3. The molecule has 1 saturated carbocycles. The summed E-state index contributed by atoms with van der Waals surface area (Å²) in [5.41, 5.74) is 5.05. The molecule has 200 valence electrons. The molecular weight excluding hydrogens is 474 g/mol. The summed E-state index contributed by atoms with van der Waals surface area (Å²) in [4.78, 5) is 0. The Morgan fingerprint density at radius 1 is 0.763 bits per heavy atom. The smallest absolute Gasteiger partial charge is 0.201 e. The van der Waals surface area contributed by atoms with Crippen molar-refractivity contribution < 1.29 is 13.5 Å². The van der Waals surface area contributed by atoms with Gasteiger partial charge in [-0.2, -0.15) is 4.39 Å². The van der Waals surface area contributed by atoms with Crippen molar-refractivity contribution >= 4 is 0 Å². The van der Waals surface area contributed by atoms with Gasteiger partial charge in [-0.05, 0) is 111 Å². The number of halogens is 2. The van der Waals surface area contributed by atoms with Gasteiger partial charge in [0.25, 0.3) is 0 Å². The topological polar surface area (TPSA) is 9.23 Å². The molecule has 0 unspecified atom stereocenters. The maximum atomic E-state index is 14.5. The molecule has 0 spiro atoms. The third-order valence-corrected chi connectivity index (χ3v) is 7.68. The van der Waals surface area contributed by atoms with Crippen molar-refractivity contribution in [2.75, 3.05) is 6.61 Å². The number of ether oxygens (including phenoxy) is 1. The zero-order chi connectivity index (χ0) is 26.7. The lowest BCUT2D eigenvalue weighted by Gasteiger charge is -2.27. The van der Waals surface area contributed by atoms with Crippen LogP contribution in [0.15, 0.2) is 85.0 Å². The summed E-state index contributed by atoms with van der Waals surface area (Å²) in [5, 5.41) is 0. The Labute approximate surface area is 227 Å². The first-order chi connectivity index (χ1) is 18.6. The van der Waals surface area contributed by atoms with E-state index in [2.05, 4.69) is 55.5 Å². The van der Waals surface area contributed by atoms with Gasteiger partial charge in [-0.25, -0.2) is 4.39 Å². The van der Waals surface area contributed by atoms with Crippen LogP contribution in [0.1, 0.15) is 75.0 Å². The molecule has 0 aliphatic heterocycles. The Hall–Kier alpha value is -3.20. The van der Waals surface area contributed by atoms with Gasteiger partial charge in [0.1, 0.15) is 0 Å². The molecule has 1 fully saturated rings. The average molecular weight is 515 g/mol. The van der Waals surface area contributed by atoms with Crippen LogP contribution in [-0.2, 0) is 12.8 Å². The molecular formula is C35H40F2O. The molecule has 0 atom stereocenters. The Kier molecular flexibility index (Phi) is 10.3. The lowest BCUT2D eigenvalue weighted by molar-refractivity contribution is 0.314. The van der Waals surface area contributed by atoms with Gasteiger partial charge in [0.15, 0.2) is 11.6 Å². The van der Waals surface area contributed by atoms with Crippen molar-refractivity contribution in [3.63, 3.8) is 0 Å². The zero-order valence-electron chi connectivity index (χ0n) is 22.8. The molecule has 0 aromatic heterocycles. The first kappa shape index (κ1) is 27.8. The first-order valence-electron chi connectivity index (χ1n) is 14.2. The third kappa shape index (κ3) is 7.43. The van der Waals surface area contributed by atoms with Crippen LogP contribution in [0.25, 0.3) is 11.1 Å². The first-order valence-corrected chi connectivity index (χ1v) is 14.2. The van der Waals surface area contributed by atoms with E-state index < -0.39 is 11.6 Å². The van der Waals surface area contributed by atoms with Crippen molar-refractivity contribution in [1.82, 2.24) is 0 Å². The van der Waals surface area contributed by atoms with Gasteiger partial charge in [0.05, 0.1) is 6.61 Å². The average Bonchev–Trinajstić information content (AvgIpc) is 2.95. The fourth-order valence-corrected chi connectivity index (χ4v) is 5.43. The van der Waals surface area contributed by atoms with Gasteiger partial charge >= 0.3 is 0 Å². The maximum Gasteiger partial charge on any atom is 0.201 e. The minimum Gasteiger partial charge on any atom is -0.491 e. The van der Waals surface area contributed by atoms with Crippen molar-refractivity contribution in [2.24, 2.45) is 5.92 Å². The van der Waals surface area contributed by atoms with Crippen molar-refractivity contribution in [3.8, 4) is 16.9 Å². The highest BCUT2D eigenvalue weighted by molar-refractivity contribution is 5.65. The van der Waals surface area contributed by atoms with Crippen molar-refractivity contribution in [1.29, 1.82) is 0 Å². The second-order valence-electron chi connectivity index (χ2n) is 10.3. The van der Waals surface area contributed by atoms with Crippen LogP contribution in [0.4, 0.5) is 8.78 Å². The number of allylic oxidation sites excluding steroid dienone is 4. The molecule has 0 radical (unpaired) electrons. The highest BCUT2D eigenvalue weighted by Gasteiger charge is 2.20. The van der Waals surface area contributed by atoms with Crippen LogP contribution >= 0.6 is 0 Å². The molecule has 3 aromatic rings. The molecule has 1 nitrogen and oxygen atoms in total. The van der Waals surface area contributed by atoms with E-state index in [0.717, 1.165) is 25.7 Å². The summed E-state index contributed by atoms with van der Waals surface area (Å²) in [6.45, 7) is 4.12. The summed E-state index contributed by atoms with van der Waals surface area (Å²) >= 11 is 0. The largest absolute Gasteiger partial charge is 0.491 e. The highest BCUT2D eigenvalue weighted by Crippen LogP contribution is 2.36. The van der Waals surface area contributed by atoms with Gasteiger partial charge < -0.3 is 4.74 Å². The fourth-order valence-electron chi connectivity index (χ4n) is 5.43. The fraction of sp³-hybridized carbons (Fsp3) is 0.371. The van der Waals surface area contributed by atoms with Crippen LogP contribution in [0, 0.1) is 17.6 Å². The van der Waals surface area contributed by atoms with Crippen LogP contribution in [0.5, 0.6) is 5.75 Å². The standard InChI is InChI=1S/C35H40F2O/c1-3-5-6-9-26-12-18-29(19-13-26)30-20-14-27(15-21-30)10-7-8-11-28-16-22-31(23-17-28)32-24-25-33(38-4-2)35(37)34(32)36/h3,5,7,10,12-13,16-19,22-25,27,30H,4,6,8-9,11,14-15,20-21H2,1-2H3. The molecule has 3 heteroatoms. The minimum atomic E-state index is -0.929. The molecule has 0 bridgehead atoms. The van der Waals surface area contributed by atoms with Gasteiger partial charge in [-0.15, -0.1) is 0 Å². The van der Waals surface area contributed by atoms with E-state index >= 15 is 0 Å². The second-order valence-corrected chi connectivity index (χ2v) is 10.3. The summed E-state index contributed by atoms with van der Waals surface area (Å²) in [6.07, 6.45) is 18.3.